The van der Waals surface area contributed by atoms with Gasteiger partial charge >= 0.3 is 0 Å². The minimum atomic E-state index is -0.897. The van der Waals surface area contributed by atoms with Gasteiger partial charge < -0.3 is 10.0 Å². The molecule has 1 unspecified atom stereocenters. The standard InChI is InChI=1S/C23H26N4O2/c1-3-26(4-2)13-11-24-22(28)18-10-7-12-27-21(18)25-20-15-17-9-6-5-8-16(17)14-19(20)23(27)29/h5-10,12,14-15,22,24,28H,3-4,11,13H2,1-2H3. The second kappa shape index (κ2) is 8.29. The molecule has 4 rings (SSSR count). The van der Waals surface area contributed by atoms with E-state index in [1.165, 1.54) is 4.40 Å². The number of pyridine rings is 1. The maximum atomic E-state index is 13.1. The number of aliphatic hydroxyl groups excluding tert-OH is 1. The molecule has 0 radical (unpaired) electrons. The van der Waals surface area contributed by atoms with Crippen molar-refractivity contribution < 1.29 is 5.11 Å². The molecule has 0 saturated heterocycles. The van der Waals surface area contributed by atoms with Crippen molar-refractivity contribution in [1.29, 1.82) is 0 Å². The summed E-state index contributed by atoms with van der Waals surface area (Å²) >= 11 is 0. The third-order valence-corrected chi connectivity index (χ3v) is 5.49. The van der Waals surface area contributed by atoms with E-state index < -0.39 is 6.23 Å². The number of likely N-dealkylation sites (N-methyl/N-ethyl adjacent to an activating group) is 1. The van der Waals surface area contributed by atoms with E-state index in [1.807, 2.05) is 42.5 Å². The number of hydrogen-bond acceptors (Lipinski definition) is 5. The molecule has 150 valence electrons. The molecular weight excluding hydrogens is 364 g/mol. The van der Waals surface area contributed by atoms with Gasteiger partial charge in [-0.1, -0.05) is 38.1 Å². The first kappa shape index (κ1) is 19.5. The minimum Gasteiger partial charge on any atom is -0.374 e. The smallest absolute Gasteiger partial charge is 0.265 e. The summed E-state index contributed by atoms with van der Waals surface area (Å²) in [6, 6.07) is 15.3. The Labute approximate surface area is 169 Å². The molecular formula is C23H26N4O2. The number of nitrogens with zero attached hydrogens (tertiary/aromatic N) is 3. The van der Waals surface area contributed by atoms with E-state index in [-0.39, 0.29) is 5.56 Å². The highest BCUT2D eigenvalue weighted by molar-refractivity contribution is 5.96. The molecule has 2 N–H and O–H groups in total. The molecule has 4 aromatic rings. The Morgan fingerprint density at radius 2 is 1.83 bits per heavy atom. The number of benzene rings is 2. The SMILES string of the molecule is CCN(CC)CCNC(O)c1cccn2c(=O)c3cc4ccccc4cc3nc12. The maximum Gasteiger partial charge on any atom is 0.265 e. The van der Waals surface area contributed by atoms with E-state index in [0.29, 0.717) is 28.7 Å². The van der Waals surface area contributed by atoms with Crippen LogP contribution in [0, 0.1) is 0 Å². The fraction of sp³-hybridized carbons (Fsp3) is 0.304. The first-order valence-corrected chi connectivity index (χ1v) is 10.1. The van der Waals surface area contributed by atoms with Crippen molar-refractivity contribution in [3.63, 3.8) is 0 Å². The van der Waals surface area contributed by atoms with Crippen molar-refractivity contribution in [2.75, 3.05) is 26.2 Å². The third kappa shape index (κ3) is 3.74. The largest absolute Gasteiger partial charge is 0.374 e. The topological polar surface area (TPSA) is 69.9 Å². The van der Waals surface area contributed by atoms with Crippen LogP contribution >= 0.6 is 0 Å². The summed E-state index contributed by atoms with van der Waals surface area (Å²) in [6.07, 6.45) is 0.803. The van der Waals surface area contributed by atoms with Crippen LogP contribution in [0.3, 0.4) is 0 Å². The van der Waals surface area contributed by atoms with Gasteiger partial charge in [0.05, 0.1) is 10.9 Å². The van der Waals surface area contributed by atoms with Crippen LogP contribution in [-0.4, -0.2) is 45.6 Å². The average molecular weight is 390 g/mol. The quantitative estimate of drug-likeness (QED) is 0.375. The van der Waals surface area contributed by atoms with Crippen LogP contribution in [0.4, 0.5) is 0 Å². The molecule has 0 saturated carbocycles. The molecule has 2 aromatic carbocycles. The zero-order chi connectivity index (χ0) is 20.4. The lowest BCUT2D eigenvalue weighted by Crippen LogP contribution is -2.34. The first-order chi connectivity index (χ1) is 14.1. The van der Waals surface area contributed by atoms with Crippen LogP contribution in [-0.2, 0) is 0 Å². The fourth-order valence-corrected chi connectivity index (χ4v) is 3.76. The Hall–Kier alpha value is -2.80. The van der Waals surface area contributed by atoms with Gasteiger partial charge in [-0.05, 0) is 48.1 Å². The van der Waals surface area contributed by atoms with Crippen LogP contribution < -0.4 is 10.9 Å². The molecule has 1 atom stereocenters. The second-order valence-corrected chi connectivity index (χ2v) is 7.17. The lowest BCUT2D eigenvalue weighted by atomic mass is 10.1. The van der Waals surface area contributed by atoms with Crippen molar-refractivity contribution >= 4 is 27.3 Å². The highest BCUT2D eigenvalue weighted by Gasteiger charge is 2.15. The summed E-state index contributed by atoms with van der Waals surface area (Å²) in [7, 11) is 0. The molecule has 6 nitrogen and oxygen atoms in total. The zero-order valence-electron chi connectivity index (χ0n) is 16.8. The number of rotatable bonds is 7. The van der Waals surface area contributed by atoms with Gasteiger partial charge in [-0.3, -0.25) is 14.5 Å². The van der Waals surface area contributed by atoms with Crippen molar-refractivity contribution in [1.82, 2.24) is 19.6 Å². The molecule has 2 aromatic heterocycles. The highest BCUT2D eigenvalue weighted by atomic mass is 16.3. The molecule has 0 fully saturated rings. The van der Waals surface area contributed by atoms with E-state index in [9.17, 15) is 9.90 Å². The summed E-state index contributed by atoms with van der Waals surface area (Å²) in [4.78, 5) is 20.1. The zero-order valence-corrected chi connectivity index (χ0v) is 16.8. The molecule has 0 bridgehead atoms. The van der Waals surface area contributed by atoms with E-state index >= 15 is 0 Å². The van der Waals surface area contributed by atoms with Crippen LogP contribution in [0.25, 0.3) is 27.3 Å². The Balaban J connectivity index is 1.75. The van der Waals surface area contributed by atoms with Crippen LogP contribution in [0.2, 0.25) is 0 Å². The number of aromatic nitrogens is 2. The summed E-state index contributed by atoms with van der Waals surface area (Å²) < 4.78 is 1.52. The van der Waals surface area contributed by atoms with Gasteiger partial charge in [-0.15, -0.1) is 0 Å². The molecule has 29 heavy (non-hydrogen) atoms. The van der Waals surface area contributed by atoms with Gasteiger partial charge in [0.15, 0.2) is 0 Å². The minimum absolute atomic E-state index is 0.132. The lowest BCUT2D eigenvalue weighted by molar-refractivity contribution is 0.134. The van der Waals surface area contributed by atoms with E-state index in [4.69, 9.17) is 4.98 Å². The van der Waals surface area contributed by atoms with E-state index in [1.54, 1.807) is 12.3 Å². The molecule has 0 aliphatic carbocycles. The number of hydrogen-bond donors (Lipinski definition) is 2. The molecule has 0 amide bonds. The molecule has 0 aliphatic rings. The fourth-order valence-electron chi connectivity index (χ4n) is 3.76. The molecule has 6 heteroatoms. The number of aliphatic hydroxyl groups is 1. The van der Waals surface area contributed by atoms with Crippen molar-refractivity contribution in [3.05, 3.63) is 70.6 Å². The van der Waals surface area contributed by atoms with Crippen molar-refractivity contribution in [2.45, 2.75) is 20.1 Å². The molecule has 0 spiro atoms. The third-order valence-electron chi connectivity index (χ3n) is 5.49. The summed E-state index contributed by atoms with van der Waals surface area (Å²) in [5.41, 5.74) is 1.58. The Morgan fingerprint density at radius 1 is 1.10 bits per heavy atom. The van der Waals surface area contributed by atoms with Gasteiger partial charge in [0.1, 0.15) is 11.9 Å². The summed E-state index contributed by atoms with van der Waals surface area (Å²) in [6.45, 7) is 7.67. The van der Waals surface area contributed by atoms with Gasteiger partial charge in [-0.2, -0.15) is 0 Å². The number of nitrogens with one attached hydrogen (secondary N) is 1. The Kier molecular flexibility index (Phi) is 5.58. The van der Waals surface area contributed by atoms with Gasteiger partial charge in [0.25, 0.3) is 5.56 Å². The number of fused-ring (bicyclic) bond motifs is 3. The Morgan fingerprint density at radius 3 is 2.55 bits per heavy atom. The average Bonchev–Trinajstić information content (AvgIpc) is 2.75. The summed E-state index contributed by atoms with van der Waals surface area (Å²) in [5.74, 6) is 0. The van der Waals surface area contributed by atoms with Gasteiger partial charge in [0.2, 0.25) is 0 Å². The monoisotopic (exact) mass is 390 g/mol. The Bertz CT molecular complexity index is 1210. The molecule has 0 aliphatic heterocycles. The molecule has 2 heterocycles. The predicted octanol–water partition coefficient (Wildman–Crippen LogP) is 2.92. The van der Waals surface area contributed by atoms with Crippen LogP contribution in [0.15, 0.2) is 59.5 Å². The van der Waals surface area contributed by atoms with Crippen LogP contribution in [0.1, 0.15) is 25.6 Å². The van der Waals surface area contributed by atoms with E-state index in [2.05, 4.69) is 24.1 Å². The second-order valence-electron chi connectivity index (χ2n) is 7.17. The first-order valence-electron chi connectivity index (χ1n) is 10.1. The highest BCUT2D eigenvalue weighted by Crippen LogP contribution is 2.22. The van der Waals surface area contributed by atoms with Crippen molar-refractivity contribution in [2.24, 2.45) is 0 Å². The normalized spacial score (nSPS) is 13.0. The lowest BCUT2D eigenvalue weighted by Gasteiger charge is -2.20. The summed E-state index contributed by atoms with van der Waals surface area (Å²) in [5, 5.41) is 16.5. The van der Waals surface area contributed by atoms with Gasteiger partial charge in [-0.25, -0.2) is 4.98 Å². The van der Waals surface area contributed by atoms with Gasteiger partial charge in [0, 0.05) is 24.8 Å². The van der Waals surface area contributed by atoms with E-state index in [0.717, 1.165) is 30.4 Å². The maximum absolute atomic E-state index is 13.1. The van der Waals surface area contributed by atoms with Crippen molar-refractivity contribution in [3.8, 4) is 0 Å². The predicted molar refractivity (Wildman–Crippen MR) is 117 cm³/mol. The van der Waals surface area contributed by atoms with Crippen LogP contribution in [0.5, 0.6) is 0 Å².